The number of ether oxygens (including phenoxy) is 1. The third-order valence-electron chi connectivity index (χ3n) is 5.28. The highest BCUT2D eigenvalue weighted by atomic mass is 35.5. The average Bonchev–Trinajstić information content (AvgIpc) is 2.73. The van der Waals surface area contributed by atoms with Crippen molar-refractivity contribution >= 4 is 23.4 Å². The summed E-state index contributed by atoms with van der Waals surface area (Å²) in [5.41, 5.74) is 3.15. The highest BCUT2D eigenvalue weighted by molar-refractivity contribution is 6.30. The van der Waals surface area contributed by atoms with Crippen molar-refractivity contribution in [3.63, 3.8) is 0 Å². The fraction of sp³-hybridized carbons (Fsp3) is 0.417. The fourth-order valence-electron chi connectivity index (χ4n) is 2.87. The van der Waals surface area contributed by atoms with E-state index < -0.39 is 6.04 Å². The van der Waals surface area contributed by atoms with Crippen LogP contribution in [0.25, 0.3) is 0 Å². The van der Waals surface area contributed by atoms with Crippen molar-refractivity contribution in [1.29, 1.82) is 0 Å². The molecule has 1 N–H and O–H groups in total. The SMILES string of the molecule is CC[C@H](C)NC(=O)[C@H](C)N(Cc1ccc(Cl)cc1)C(=O)COc1ccc(C)c(C)c1. The molecule has 2 amide bonds. The van der Waals surface area contributed by atoms with Gasteiger partial charge in [0.25, 0.3) is 5.91 Å². The molecule has 0 radical (unpaired) electrons. The molecule has 0 aliphatic rings. The highest BCUT2D eigenvalue weighted by Gasteiger charge is 2.27. The van der Waals surface area contributed by atoms with Crippen LogP contribution < -0.4 is 10.1 Å². The van der Waals surface area contributed by atoms with E-state index in [2.05, 4.69) is 5.32 Å². The van der Waals surface area contributed by atoms with Crippen LogP contribution in [0.5, 0.6) is 5.75 Å². The van der Waals surface area contributed by atoms with E-state index in [1.165, 1.54) is 0 Å². The van der Waals surface area contributed by atoms with Crippen molar-refractivity contribution in [3.05, 3.63) is 64.2 Å². The zero-order valence-corrected chi connectivity index (χ0v) is 19.1. The zero-order chi connectivity index (χ0) is 22.3. The summed E-state index contributed by atoms with van der Waals surface area (Å²) in [5, 5.41) is 3.57. The number of halogens is 1. The largest absolute Gasteiger partial charge is 0.484 e. The summed E-state index contributed by atoms with van der Waals surface area (Å²) in [6, 6.07) is 12.4. The molecule has 5 nitrogen and oxygen atoms in total. The first-order valence-corrected chi connectivity index (χ1v) is 10.6. The van der Waals surface area contributed by atoms with Gasteiger partial charge in [0.2, 0.25) is 5.91 Å². The summed E-state index contributed by atoms with van der Waals surface area (Å²) >= 11 is 5.97. The van der Waals surface area contributed by atoms with E-state index in [0.29, 0.717) is 17.3 Å². The molecule has 2 rings (SSSR count). The summed E-state index contributed by atoms with van der Waals surface area (Å²) in [6.45, 7) is 9.86. The van der Waals surface area contributed by atoms with Crippen LogP contribution in [0.1, 0.15) is 43.9 Å². The third-order valence-corrected chi connectivity index (χ3v) is 5.53. The predicted molar refractivity (Wildman–Crippen MR) is 121 cm³/mol. The van der Waals surface area contributed by atoms with E-state index in [1.807, 2.05) is 58.0 Å². The maximum atomic E-state index is 13.0. The van der Waals surface area contributed by atoms with Gasteiger partial charge in [0.1, 0.15) is 11.8 Å². The van der Waals surface area contributed by atoms with Crippen LogP contribution in [0.4, 0.5) is 0 Å². The second-order valence-electron chi connectivity index (χ2n) is 7.68. The molecule has 0 heterocycles. The van der Waals surface area contributed by atoms with Gasteiger partial charge in [0.15, 0.2) is 6.61 Å². The van der Waals surface area contributed by atoms with Crippen molar-refractivity contribution < 1.29 is 14.3 Å². The molecule has 2 atom stereocenters. The maximum Gasteiger partial charge on any atom is 0.261 e. The van der Waals surface area contributed by atoms with Crippen molar-refractivity contribution in [2.75, 3.05) is 6.61 Å². The Kier molecular flexibility index (Phi) is 8.72. The van der Waals surface area contributed by atoms with Gasteiger partial charge in [-0.1, -0.05) is 36.7 Å². The summed E-state index contributed by atoms with van der Waals surface area (Å²) in [6.07, 6.45) is 0.819. The molecule has 0 unspecified atom stereocenters. The molecule has 0 bridgehead atoms. The second kappa shape index (κ2) is 11.0. The lowest BCUT2D eigenvalue weighted by Crippen LogP contribution is -2.50. The average molecular weight is 431 g/mol. The number of hydrogen-bond acceptors (Lipinski definition) is 3. The number of amides is 2. The highest BCUT2D eigenvalue weighted by Crippen LogP contribution is 2.18. The molecule has 0 fully saturated rings. The molecule has 6 heteroatoms. The van der Waals surface area contributed by atoms with Crippen molar-refractivity contribution in [2.24, 2.45) is 0 Å². The van der Waals surface area contributed by atoms with Crippen LogP contribution in [0.3, 0.4) is 0 Å². The van der Waals surface area contributed by atoms with Crippen molar-refractivity contribution in [3.8, 4) is 5.75 Å². The van der Waals surface area contributed by atoms with Gasteiger partial charge in [0, 0.05) is 17.6 Å². The molecule has 0 aliphatic heterocycles. The van der Waals surface area contributed by atoms with Gasteiger partial charge in [-0.2, -0.15) is 0 Å². The zero-order valence-electron chi connectivity index (χ0n) is 18.4. The number of carbonyl (C=O) groups is 2. The van der Waals surface area contributed by atoms with Crippen LogP contribution in [0, 0.1) is 13.8 Å². The molecular weight excluding hydrogens is 400 g/mol. The van der Waals surface area contributed by atoms with Gasteiger partial charge in [-0.3, -0.25) is 9.59 Å². The Morgan fingerprint density at radius 2 is 1.73 bits per heavy atom. The van der Waals surface area contributed by atoms with Gasteiger partial charge >= 0.3 is 0 Å². The van der Waals surface area contributed by atoms with E-state index >= 15 is 0 Å². The Bertz CT molecular complexity index is 867. The fourth-order valence-corrected chi connectivity index (χ4v) is 2.99. The minimum atomic E-state index is -0.634. The first kappa shape index (κ1) is 23.7. The first-order valence-electron chi connectivity index (χ1n) is 10.3. The first-order chi connectivity index (χ1) is 14.2. The van der Waals surface area contributed by atoms with Crippen LogP contribution in [0.15, 0.2) is 42.5 Å². The standard InChI is InChI=1S/C24H31ClN2O3/c1-6-18(4)26-24(29)19(5)27(14-20-8-10-21(25)11-9-20)23(28)15-30-22-12-7-16(2)17(3)13-22/h7-13,18-19H,6,14-15H2,1-5H3,(H,26,29)/t18-,19-/m0/s1. The summed E-state index contributed by atoms with van der Waals surface area (Å²) < 4.78 is 5.73. The van der Waals surface area contributed by atoms with E-state index in [4.69, 9.17) is 16.3 Å². The quantitative estimate of drug-likeness (QED) is 0.629. The summed E-state index contributed by atoms with van der Waals surface area (Å²) in [7, 11) is 0. The predicted octanol–water partition coefficient (Wildman–Crippen LogP) is 4.67. The topological polar surface area (TPSA) is 58.6 Å². The van der Waals surface area contributed by atoms with Crippen LogP contribution in [0.2, 0.25) is 5.02 Å². The minimum Gasteiger partial charge on any atom is -0.484 e. The molecule has 30 heavy (non-hydrogen) atoms. The Morgan fingerprint density at radius 3 is 2.33 bits per heavy atom. The van der Waals surface area contributed by atoms with Crippen LogP contribution in [-0.4, -0.2) is 35.4 Å². The molecule has 0 spiro atoms. The molecule has 2 aromatic carbocycles. The monoisotopic (exact) mass is 430 g/mol. The number of hydrogen-bond donors (Lipinski definition) is 1. The Labute approximate surface area is 184 Å². The summed E-state index contributed by atoms with van der Waals surface area (Å²) in [5.74, 6) is 0.197. The van der Waals surface area contributed by atoms with Gasteiger partial charge in [-0.15, -0.1) is 0 Å². The van der Waals surface area contributed by atoms with Gasteiger partial charge in [-0.05, 0) is 75.1 Å². The van der Waals surface area contributed by atoms with Crippen LogP contribution >= 0.6 is 11.6 Å². The lowest BCUT2D eigenvalue weighted by molar-refractivity contribution is -0.142. The molecule has 0 saturated carbocycles. The van der Waals surface area contributed by atoms with E-state index in [9.17, 15) is 9.59 Å². The number of aryl methyl sites for hydroxylation is 2. The molecule has 0 saturated heterocycles. The van der Waals surface area contributed by atoms with E-state index in [0.717, 1.165) is 23.1 Å². The third kappa shape index (κ3) is 6.77. The Balaban J connectivity index is 2.15. The number of benzene rings is 2. The molecule has 2 aromatic rings. The number of nitrogens with zero attached hydrogens (tertiary/aromatic N) is 1. The van der Waals surface area contributed by atoms with E-state index in [1.54, 1.807) is 24.0 Å². The summed E-state index contributed by atoms with van der Waals surface area (Å²) in [4.78, 5) is 27.3. The van der Waals surface area contributed by atoms with Crippen molar-refractivity contribution in [2.45, 2.75) is 59.7 Å². The smallest absolute Gasteiger partial charge is 0.261 e. The Hall–Kier alpha value is -2.53. The second-order valence-corrected chi connectivity index (χ2v) is 8.11. The number of nitrogens with one attached hydrogen (secondary N) is 1. The maximum absolute atomic E-state index is 13.0. The Morgan fingerprint density at radius 1 is 1.07 bits per heavy atom. The lowest BCUT2D eigenvalue weighted by atomic mass is 10.1. The molecular formula is C24H31ClN2O3. The number of carbonyl (C=O) groups excluding carboxylic acids is 2. The van der Waals surface area contributed by atoms with Gasteiger partial charge < -0.3 is 15.0 Å². The molecule has 162 valence electrons. The van der Waals surface area contributed by atoms with Gasteiger partial charge in [0.05, 0.1) is 0 Å². The lowest BCUT2D eigenvalue weighted by Gasteiger charge is -2.29. The molecule has 0 aromatic heterocycles. The van der Waals surface area contributed by atoms with Gasteiger partial charge in [-0.25, -0.2) is 0 Å². The normalized spacial score (nSPS) is 12.7. The van der Waals surface area contributed by atoms with Crippen molar-refractivity contribution in [1.82, 2.24) is 10.2 Å². The minimum absolute atomic E-state index is 0.0409. The number of rotatable bonds is 9. The molecule has 0 aliphatic carbocycles. The van der Waals surface area contributed by atoms with Crippen LogP contribution in [-0.2, 0) is 16.1 Å². The van der Waals surface area contributed by atoms with E-state index in [-0.39, 0.29) is 24.5 Å².